The molecule has 20 heavy (non-hydrogen) atoms. The number of aryl methyl sites for hydroxylation is 2. The molecule has 5 heteroatoms. The molecule has 1 unspecified atom stereocenters. The van der Waals surface area contributed by atoms with Gasteiger partial charge < -0.3 is 19.3 Å². The van der Waals surface area contributed by atoms with Gasteiger partial charge in [-0.15, -0.1) is 0 Å². The Morgan fingerprint density at radius 2 is 2.05 bits per heavy atom. The highest BCUT2D eigenvalue weighted by atomic mass is 16.7. The molecule has 0 amide bonds. The van der Waals surface area contributed by atoms with Crippen molar-refractivity contribution in [1.82, 2.24) is 10.5 Å². The van der Waals surface area contributed by atoms with E-state index in [1.807, 2.05) is 26.0 Å². The fourth-order valence-corrected chi connectivity index (χ4v) is 2.31. The van der Waals surface area contributed by atoms with Crippen LogP contribution in [0.25, 0.3) is 0 Å². The predicted octanol–water partition coefficient (Wildman–Crippen LogP) is 2.87. The van der Waals surface area contributed by atoms with Crippen molar-refractivity contribution in [2.45, 2.75) is 33.4 Å². The Morgan fingerprint density at radius 3 is 2.80 bits per heavy atom. The standard InChI is InChI=1S/C15H18N2O3/c1-9(16-7-13-10(2)17-20-11(13)3)12-4-5-14-15(6-12)19-8-18-14/h4-6,9,16H,7-8H2,1-3H3. The van der Waals surface area contributed by atoms with Crippen molar-refractivity contribution in [3.05, 3.63) is 40.8 Å². The summed E-state index contributed by atoms with van der Waals surface area (Å²) in [5, 5.41) is 7.44. The van der Waals surface area contributed by atoms with Crippen LogP contribution in [-0.4, -0.2) is 11.9 Å². The summed E-state index contributed by atoms with van der Waals surface area (Å²) in [6, 6.07) is 6.23. The molecule has 1 aromatic carbocycles. The van der Waals surface area contributed by atoms with Crippen molar-refractivity contribution in [2.24, 2.45) is 0 Å². The molecule has 2 aromatic rings. The molecular formula is C15H18N2O3. The molecule has 0 aliphatic carbocycles. The van der Waals surface area contributed by atoms with Crippen LogP contribution in [0, 0.1) is 13.8 Å². The SMILES string of the molecule is Cc1noc(C)c1CNC(C)c1ccc2c(c1)OCO2. The summed E-state index contributed by atoms with van der Waals surface area (Å²) in [5.74, 6) is 2.49. The Labute approximate surface area is 117 Å². The van der Waals surface area contributed by atoms with E-state index in [-0.39, 0.29) is 6.04 Å². The van der Waals surface area contributed by atoms with E-state index in [4.69, 9.17) is 14.0 Å². The van der Waals surface area contributed by atoms with Gasteiger partial charge in [-0.1, -0.05) is 11.2 Å². The van der Waals surface area contributed by atoms with Crippen molar-refractivity contribution >= 4 is 0 Å². The van der Waals surface area contributed by atoms with Gasteiger partial charge >= 0.3 is 0 Å². The summed E-state index contributed by atoms with van der Waals surface area (Å²) in [6.07, 6.45) is 0. The van der Waals surface area contributed by atoms with Gasteiger partial charge in [-0.2, -0.15) is 0 Å². The number of fused-ring (bicyclic) bond motifs is 1. The van der Waals surface area contributed by atoms with Crippen LogP contribution < -0.4 is 14.8 Å². The summed E-state index contributed by atoms with van der Waals surface area (Å²) >= 11 is 0. The second-order valence-electron chi connectivity index (χ2n) is 5.02. The fourth-order valence-electron chi connectivity index (χ4n) is 2.31. The first kappa shape index (κ1) is 13.0. The smallest absolute Gasteiger partial charge is 0.231 e. The topological polar surface area (TPSA) is 56.5 Å². The lowest BCUT2D eigenvalue weighted by molar-refractivity contribution is 0.174. The zero-order valence-electron chi connectivity index (χ0n) is 11.9. The van der Waals surface area contributed by atoms with Gasteiger partial charge in [0.05, 0.1) is 5.69 Å². The fraction of sp³-hybridized carbons (Fsp3) is 0.400. The second-order valence-corrected chi connectivity index (χ2v) is 5.02. The molecule has 1 aromatic heterocycles. The molecule has 106 valence electrons. The molecule has 1 N–H and O–H groups in total. The van der Waals surface area contributed by atoms with Gasteiger partial charge in [-0.25, -0.2) is 0 Å². The molecule has 1 aliphatic rings. The van der Waals surface area contributed by atoms with Gasteiger partial charge in [0.1, 0.15) is 5.76 Å². The van der Waals surface area contributed by atoms with E-state index in [0.29, 0.717) is 6.79 Å². The van der Waals surface area contributed by atoms with Gasteiger partial charge in [-0.05, 0) is 38.5 Å². The van der Waals surface area contributed by atoms with Crippen molar-refractivity contribution in [2.75, 3.05) is 6.79 Å². The zero-order chi connectivity index (χ0) is 14.1. The molecular weight excluding hydrogens is 256 g/mol. The molecule has 0 spiro atoms. The average Bonchev–Trinajstić information content (AvgIpc) is 3.03. The Balaban J connectivity index is 1.69. The van der Waals surface area contributed by atoms with Gasteiger partial charge in [0.15, 0.2) is 11.5 Å². The lowest BCUT2D eigenvalue weighted by Gasteiger charge is -2.14. The molecule has 0 bridgehead atoms. The minimum Gasteiger partial charge on any atom is -0.454 e. The monoisotopic (exact) mass is 274 g/mol. The predicted molar refractivity (Wildman–Crippen MR) is 73.8 cm³/mol. The number of hydrogen-bond donors (Lipinski definition) is 1. The van der Waals surface area contributed by atoms with E-state index in [1.54, 1.807) is 0 Å². The van der Waals surface area contributed by atoms with Gasteiger partial charge in [0.25, 0.3) is 0 Å². The van der Waals surface area contributed by atoms with Crippen LogP contribution in [0.3, 0.4) is 0 Å². The highest BCUT2D eigenvalue weighted by molar-refractivity contribution is 5.45. The van der Waals surface area contributed by atoms with Crippen LogP contribution in [0.15, 0.2) is 22.7 Å². The Hall–Kier alpha value is -2.01. The minimum atomic E-state index is 0.207. The lowest BCUT2D eigenvalue weighted by Crippen LogP contribution is -2.18. The summed E-state index contributed by atoms with van der Waals surface area (Å²) < 4.78 is 15.9. The minimum absolute atomic E-state index is 0.207. The highest BCUT2D eigenvalue weighted by Gasteiger charge is 2.16. The van der Waals surface area contributed by atoms with E-state index in [1.165, 1.54) is 5.56 Å². The maximum Gasteiger partial charge on any atom is 0.231 e. The van der Waals surface area contributed by atoms with E-state index < -0.39 is 0 Å². The summed E-state index contributed by atoms with van der Waals surface area (Å²) in [5.41, 5.74) is 3.23. The first-order chi connectivity index (χ1) is 9.65. The molecule has 0 saturated carbocycles. The molecule has 0 radical (unpaired) electrons. The number of nitrogens with zero attached hydrogens (tertiary/aromatic N) is 1. The van der Waals surface area contributed by atoms with Crippen molar-refractivity contribution in [3.63, 3.8) is 0 Å². The molecule has 0 saturated heterocycles. The lowest BCUT2D eigenvalue weighted by atomic mass is 10.1. The number of nitrogens with one attached hydrogen (secondary N) is 1. The van der Waals surface area contributed by atoms with Crippen LogP contribution in [0.5, 0.6) is 11.5 Å². The number of hydrogen-bond acceptors (Lipinski definition) is 5. The number of ether oxygens (including phenoxy) is 2. The third-order valence-corrected chi connectivity index (χ3v) is 3.66. The van der Waals surface area contributed by atoms with Crippen molar-refractivity contribution < 1.29 is 14.0 Å². The van der Waals surface area contributed by atoms with E-state index in [0.717, 1.165) is 35.1 Å². The molecule has 5 nitrogen and oxygen atoms in total. The van der Waals surface area contributed by atoms with Crippen LogP contribution >= 0.6 is 0 Å². The average molecular weight is 274 g/mol. The third kappa shape index (κ3) is 2.36. The third-order valence-electron chi connectivity index (χ3n) is 3.66. The van der Waals surface area contributed by atoms with Crippen LogP contribution in [-0.2, 0) is 6.54 Å². The highest BCUT2D eigenvalue weighted by Crippen LogP contribution is 2.34. The van der Waals surface area contributed by atoms with E-state index in [9.17, 15) is 0 Å². The first-order valence-corrected chi connectivity index (χ1v) is 6.70. The van der Waals surface area contributed by atoms with Gasteiger partial charge in [0.2, 0.25) is 6.79 Å². The maximum atomic E-state index is 5.40. The number of benzene rings is 1. The zero-order valence-corrected chi connectivity index (χ0v) is 11.9. The van der Waals surface area contributed by atoms with Gasteiger partial charge in [-0.3, -0.25) is 0 Å². The van der Waals surface area contributed by atoms with Crippen molar-refractivity contribution in [1.29, 1.82) is 0 Å². The summed E-state index contributed by atoms with van der Waals surface area (Å²) in [6.45, 7) is 7.05. The molecule has 2 heterocycles. The number of rotatable bonds is 4. The number of aromatic nitrogens is 1. The van der Waals surface area contributed by atoms with Crippen molar-refractivity contribution in [3.8, 4) is 11.5 Å². The normalized spacial score (nSPS) is 14.6. The van der Waals surface area contributed by atoms with E-state index in [2.05, 4.69) is 23.5 Å². The summed E-state index contributed by atoms with van der Waals surface area (Å²) in [7, 11) is 0. The maximum absolute atomic E-state index is 5.40. The second kappa shape index (κ2) is 5.17. The largest absolute Gasteiger partial charge is 0.454 e. The molecule has 3 rings (SSSR count). The summed E-state index contributed by atoms with van der Waals surface area (Å²) in [4.78, 5) is 0. The quantitative estimate of drug-likeness (QED) is 0.929. The van der Waals surface area contributed by atoms with Crippen LogP contribution in [0.4, 0.5) is 0 Å². The molecule has 1 atom stereocenters. The Bertz CT molecular complexity index is 602. The van der Waals surface area contributed by atoms with E-state index >= 15 is 0 Å². The molecule has 0 fully saturated rings. The Kier molecular flexibility index (Phi) is 3.36. The van der Waals surface area contributed by atoms with Gasteiger partial charge in [0, 0.05) is 18.2 Å². The molecule has 1 aliphatic heterocycles. The van der Waals surface area contributed by atoms with Crippen LogP contribution in [0.1, 0.15) is 35.5 Å². The Morgan fingerprint density at radius 1 is 1.25 bits per heavy atom. The first-order valence-electron chi connectivity index (χ1n) is 6.70. The van der Waals surface area contributed by atoms with Crippen LogP contribution in [0.2, 0.25) is 0 Å².